The van der Waals surface area contributed by atoms with Crippen LogP contribution in [0, 0.1) is 12.3 Å². The molecule has 1 fully saturated rings. The number of alkyl halides is 1. The maximum absolute atomic E-state index is 12.3. The molecule has 0 bridgehead atoms. The van der Waals surface area contributed by atoms with Gasteiger partial charge >= 0.3 is 0 Å². The Morgan fingerprint density at radius 3 is 2.26 bits per heavy atom. The summed E-state index contributed by atoms with van der Waals surface area (Å²) in [6, 6.07) is 0. The zero-order valence-corrected chi connectivity index (χ0v) is 13.7. The van der Waals surface area contributed by atoms with Crippen LogP contribution in [-0.2, 0) is 14.3 Å². The van der Waals surface area contributed by atoms with Crippen molar-refractivity contribution in [2.75, 3.05) is 6.54 Å². The largest absolute Gasteiger partial charge is 0.345 e. The molecule has 5 heteroatoms. The highest BCUT2D eigenvalue weighted by Gasteiger charge is 2.37. The number of hydrogen-bond acceptors (Lipinski definition) is 3. The molecule has 0 spiro atoms. The summed E-state index contributed by atoms with van der Waals surface area (Å²) < 4.78 is 11.3. The van der Waals surface area contributed by atoms with E-state index >= 15 is 0 Å². The van der Waals surface area contributed by atoms with Crippen LogP contribution in [0.2, 0.25) is 0 Å². The van der Waals surface area contributed by atoms with E-state index in [1.165, 1.54) is 0 Å². The van der Waals surface area contributed by atoms with Crippen LogP contribution < -0.4 is 0 Å². The van der Waals surface area contributed by atoms with Crippen LogP contribution >= 0.6 is 15.9 Å². The first-order chi connectivity index (χ1) is 8.69. The summed E-state index contributed by atoms with van der Waals surface area (Å²) in [7, 11) is 0. The molecule has 1 rings (SSSR count). The normalized spacial score (nSPS) is 28.8. The molecule has 4 nitrogen and oxygen atoms in total. The Kier molecular flexibility index (Phi) is 5.43. The molecule has 1 aliphatic heterocycles. The van der Waals surface area contributed by atoms with Crippen molar-refractivity contribution in [3.8, 4) is 12.3 Å². The third-order valence-electron chi connectivity index (χ3n) is 3.36. The van der Waals surface area contributed by atoms with Gasteiger partial charge in [0.05, 0.1) is 29.1 Å². The fraction of sp³-hybridized carbons (Fsp3) is 0.786. The predicted molar refractivity (Wildman–Crippen MR) is 77.9 cm³/mol. The number of carbonyl (C=O) groups is 1. The molecule has 0 radical (unpaired) electrons. The lowest BCUT2D eigenvalue weighted by Crippen LogP contribution is -2.52. The standard InChI is InChI=1S/C14H22BrNO3/c1-7-14(5,6)16(13(17)9(2)15)8-12-18-10(3)11(4)19-12/h1,9-12H,8H2,2-6H3. The molecule has 0 aliphatic carbocycles. The van der Waals surface area contributed by atoms with Gasteiger partial charge in [-0.05, 0) is 34.6 Å². The Labute approximate surface area is 123 Å². The zero-order valence-electron chi connectivity index (χ0n) is 12.1. The molecular formula is C14H22BrNO3. The molecule has 19 heavy (non-hydrogen) atoms. The van der Waals surface area contributed by atoms with E-state index in [2.05, 4.69) is 21.9 Å². The minimum Gasteiger partial charge on any atom is -0.345 e. The Hall–Kier alpha value is -0.570. The number of terminal acetylenes is 1. The van der Waals surface area contributed by atoms with E-state index < -0.39 is 11.8 Å². The molecule has 0 aromatic rings. The van der Waals surface area contributed by atoms with Gasteiger partial charge in [0.1, 0.15) is 0 Å². The Morgan fingerprint density at radius 1 is 1.42 bits per heavy atom. The summed E-state index contributed by atoms with van der Waals surface area (Å²) >= 11 is 3.29. The van der Waals surface area contributed by atoms with Crippen LogP contribution in [0.4, 0.5) is 0 Å². The lowest BCUT2D eigenvalue weighted by atomic mass is 10.0. The van der Waals surface area contributed by atoms with E-state index in [0.29, 0.717) is 6.54 Å². The number of nitrogens with zero attached hydrogens (tertiary/aromatic N) is 1. The number of amides is 1. The molecule has 1 saturated heterocycles. The van der Waals surface area contributed by atoms with Gasteiger partial charge in [0.25, 0.3) is 0 Å². The fourth-order valence-electron chi connectivity index (χ4n) is 1.85. The van der Waals surface area contributed by atoms with Gasteiger partial charge < -0.3 is 14.4 Å². The molecule has 0 aromatic heterocycles. The van der Waals surface area contributed by atoms with Gasteiger partial charge in [0.2, 0.25) is 5.91 Å². The maximum atomic E-state index is 12.3. The molecule has 1 heterocycles. The summed E-state index contributed by atoms with van der Waals surface area (Å²) in [4.78, 5) is 13.6. The lowest BCUT2D eigenvalue weighted by molar-refractivity contribution is -0.143. The van der Waals surface area contributed by atoms with E-state index in [4.69, 9.17) is 15.9 Å². The monoisotopic (exact) mass is 331 g/mol. The fourth-order valence-corrected chi connectivity index (χ4v) is 2.10. The third-order valence-corrected chi connectivity index (χ3v) is 3.75. The zero-order chi connectivity index (χ0) is 14.8. The van der Waals surface area contributed by atoms with Crippen LogP contribution in [-0.4, -0.2) is 46.2 Å². The minimum absolute atomic E-state index is 0.0253. The van der Waals surface area contributed by atoms with Gasteiger partial charge in [-0.15, -0.1) is 6.42 Å². The van der Waals surface area contributed by atoms with Gasteiger partial charge in [-0.2, -0.15) is 0 Å². The number of halogens is 1. The van der Waals surface area contributed by atoms with Crippen molar-refractivity contribution in [1.29, 1.82) is 0 Å². The molecular weight excluding hydrogens is 310 g/mol. The van der Waals surface area contributed by atoms with E-state index in [-0.39, 0.29) is 22.9 Å². The first-order valence-electron chi connectivity index (χ1n) is 6.43. The highest BCUT2D eigenvalue weighted by molar-refractivity contribution is 9.10. The summed E-state index contributed by atoms with van der Waals surface area (Å²) in [5.74, 6) is 2.58. The molecule has 3 atom stereocenters. The van der Waals surface area contributed by atoms with E-state index in [9.17, 15) is 4.79 Å². The molecule has 0 N–H and O–H groups in total. The van der Waals surface area contributed by atoms with Crippen molar-refractivity contribution < 1.29 is 14.3 Å². The average Bonchev–Trinajstić information content (AvgIpc) is 2.64. The van der Waals surface area contributed by atoms with Crippen LogP contribution in [0.1, 0.15) is 34.6 Å². The minimum atomic E-state index is -0.680. The average molecular weight is 332 g/mol. The molecule has 1 aliphatic rings. The van der Waals surface area contributed by atoms with Crippen LogP contribution in [0.15, 0.2) is 0 Å². The Bertz CT molecular complexity index is 365. The van der Waals surface area contributed by atoms with E-state index in [0.717, 1.165) is 0 Å². The van der Waals surface area contributed by atoms with Gasteiger partial charge in [-0.3, -0.25) is 4.79 Å². The van der Waals surface area contributed by atoms with Crippen molar-refractivity contribution in [3.63, 3.8) is 0 Å². The van der Waals surface area contributed by atoms with Crippen molar-refractivity contribution in [2.45, 2.75) is 63.5 Å². The van der Waals surface area contributed by atoms with E-state index in [1.54, 1.807) is 11.8 Å². The van der Waals surface area contributed by atoms with Gasteiger partial charge in [0, 0.05) is 0 Å². The SMILES string of the molecule is C#CC(C)(C)N(CC1OC(C)C(C)O1)C(=O)C(C)Br. The summed E-state index contributed by atoms with van der Waals surface area (Å²) in [5.41, 5.74) is -0.680. The second-order valence-electron chi connectivity index (χ2n) is 5.38. The predicted octanol–water partition coefficient (Wildman–Crippen LogP) is 2.16. The van der Waals surface area contributed by atoms with Crippen LogP contribution in [0.25, 0.3) is 0 Å². The van der Waals surface area contributed by atoms with E-state index in [1.807, 2.05) is 27.7 Å². The van der Waals surface area contributed by atoms with Crippen LogP contribution in [0.3, 0.4) is 0 Å². The number of rotatable bonds is 4. The Balaban J connectivity index is 2.82. The Morgan fingerprint density at radius 2 is 1.89 bits per heavy atom. The molecule has 108 valence electrons. The second-order valence-corrected chi connectivity index (χ2v) is 6.75. The second kappa shape index (κ2) is 6.25. The molecule has 1 amide bonds. The van der Waals surface area contributed by atoms with Gasteiger partial charge in [-0.25, -0.2) is 0 Å². The van der Waals surface area contributed by atoms with Crippen molar-refractivity contribution in [3.05, 3.63) is 0 Å². The lowest BCUT2D eigenvalue weighted by Gasteiger charge is -2.36. The number of hydrogen-bond donors (Lipinski definition) is 0. The van der Waals surface area contributed by atoms with Crippen molar-refractivity contribution in [2.24, 2.45) is 0 Å². The van der Waals surface area contributed by atoms with Crippen molar-refractivity contribution in [1.82, 2.24) is 4.90 Å². The molecule has 0 saturated carbocycles. The number of ether oxygens (including phenoxy) is 2. The number of carbonyl (C=O) groups excluding carboxylic acids is 1. The maximum Gasteiger partial charge on any atom is 0.237 e. The first kappa shape index (κ1) is 16.5. The summed E-state index contributed by atoms with van der Waals surface area (Å²) in [6.07, 6.45) is 5.16. The molecule has 3 unspecified atom stereocenters. The third kappa shape index (κ3) is 3.95. The smallest absolute Gasteiger partial charge is 0.237 e. The highest BCUT2D eigenvalue weighted by Crippen LogP contribution is 2.23. The van der Waals surface area contributed by atoms with Gasteiger partial charge in [0.15, 0.2) is 6.29 Å². The van der Waals surface area contributed by atoms with Crippen molar-refractivity contribution >= 4 is 21.8 Å². The van der Waals surface area contributed by atoms with Crippen LogP contribution in [0.5, 0.6) is 0 Å². The molecule has 0 aromatic carbocycles. The summed E-state index contributed by atoms with van der Waals surface area (Å²) in [6.45, 7) is 9.70. The topological polar surface area (TPSA) is 38.8 Å². The quantitative estimate of drug-likeness (QED) is 0.585. The highest BCUT2D eigenvalue weighted by atomic mass is 79.9. The first-order valence-corrected chi connectivity index (χ1v) is 7.35. The van der Waals surface area contributed by atoms with Gasteiger partial charge in [-0.1, -0.05) is 21.9 Å². The summed E-state index contributed by atoms with van der Waals surface area (Å²) in [5, 5.41) is 0.